The van der Waals surface area contributed by atoms with Crippen LogP contribution in [0.4, 0.5) is 0 Å². The number of nitrogens with zero attached hydrogens (tertiary/aromatic N) is 1. The van der Waals surface area contributed by atoms with E-state index < -0.39 is 0 Å². The average molecular weight is 262 g/mol. The lowest BCUT2D eigenvalue weighted by atomic mass is 10.00. The molecule has 0 amide bonds. The van der Waals surface area contributed by atoms with Crippen LogP contribution < -0.4 is 5.32 Å². The van der Waals surface area contributed by atoms with Crippen LogP contribution in [0.1, 0.15) is 30.9 Å². The summed E-state index contributed by atoms with van der Waals surface area (Å²) in [6, 6.07) is 8.59. The van der Waals surface area contributed by atoms with Gasteiger partial charge in [-0.05, 0) is 43.5 Å². The molecule has 18 heavy (non-hydrogen) atoms. The SMILES string of the molecule is Cc1ccc(CNC(=S)N2CCC(C)CC2)cc1. The molecule has 1 aliphatic rings. The van der Waals surface area contributed by atoms with Gasteiger partial charge in [0.2, 0.25) is 0 Å². The minimum Gasteiger partial charge on any atom is -0.358 e. The van der Waals surface area contributed by atoms with Crippen molar-refractivity contribution in [2.75, 3.05) is 13.1 Å². The molecule has 1 saturated heterocycles. The topological polar surface area (TPSA) is 15.3 Å². The van der Waals surface area contributed by atoms with Gasteiger partial charge in [-0.1, -0.05) is 36.8 Å². The first-order valence-electron chi connectivity index (χ1n) is 6.73. The Morgan fingerprint density at radius 1 is 1.28 bits per heavy atom. The minimum absolute atomic E-state index is 0.825. The van der Waals surface area contributed by atoms with Crippen molar-refractivity contribution >= 4 is 17.3 Å². The van der Waals surface area contributed by atoms with Gasteiger partial charge in [-0.2, -0.15) is 0 Å². The van der Waals surface area contributed by atoms with Crippen molar-refractivity contribution in [2.45, 2.75) is 33.2 Å². The zero-order valence-electron chi connectivity index (χ0n) is 11.3. The summed E-state index contributed by atoms with van der Waals surface area (Å²) in [7, 11) is 0. The lowest BCUT2D eigenvalue weighted by Crippen LogP contribution is -2.43. The summed E-state index contributed by atoms with van der Waals surface area (Å²) in [5.74, 6) is 0.848. The molecular formula is C15H22N2S. The number of likely N-dealkylation sites (tertiary alicyclic amines) is 1. The van der Waals surface area contributed by atoms with E-state index in [-0.39, 0.29) is 0 Å². The summed E-state index contributed by atoms with van der Waals surface area (Å²) in [4.78, 5) is 2.30. The molecule has 0 spiro atoms. The van der Waals surface area contributed by atoms with E-state index in [1.165, 1.54) is 24.0 Å². The summed E-state index contributed by atoms with van der Waals surface area (Å²) < 4.78 is 0. The molecule has 1 N–H and O–H groups in total. The Hall–Kier alpha value is -1.09. The lowest BCUT2D eigenvalue weighted by molar-refractivity contribution is 0.278. The van der Waals surface area contributed by atoms with Gasteiger partial charge in [0.05, 0.1) is 0 Å². The molecule has 3 heteroatoms. The molecule has 0 saturated carbocycles. The van der Waals surface area contributed by atoms with Crippen LogP contribution >= 0.6 is 12.2 Å². The number of nitrogens with one attached hydrogen (secondary N) is 1. The van der Waals surface area contributed by atoms with E-state index >= 15 is 0 Å². The molecule has 1 aliphatic heterocycles. The standard InChI is InChI=1S/C15H22N2S/c1-12-3-5-14(6-4-12)11-16-15(18)17-9-7-13(2)8-10-17/h3-6,13H,7-11H2,1-2H3,(H,16,18). The summed E-state index contributed by atoms with van der Waals surface area (Å²) >= 11 is 5.45. The number of piperidine rings is 1. The second kappa shape index (κ2) is 6.19. The van der Waals surface area contributed by atoms with Gasteiger partial charge in [0, 0.05) is 19.6 Å². The van der Waals surface area contributed by atoms with Gasteiger partial charge in [-0.15, -0.1) is 0 Å². The highest BCUT2D eigenvalue weighted by Crippen LogP contribution is 2.16. The summed E-state index contributed by atoms with van der Waals surface area (Å²) in [5.41, 5.74) is 2.58. The van der Waals surface area contributed by atoms with E-state index in [1.807, 2.05) is 0 Å². The Labute approximate surface area is 115 Å². The van der Waals surface area contributed by atoms with Crippen LogP contribution in [-0.4, -0.2) is 23.1 Å². The van der Waals surface area contributed by atoms with Crippen molar-refractivity contribution in [3.63, 3.8) is 0 Å². The van der Waals surface area contributed by atoms with Gasteiger partial charge in [0.1, 0.15) is 0 Å². The van der Waals surface area contributed by atoms with Crippen LogP contribution in [0, 0.1) is 12.8 Å². The molecule has 2 nitrogen and oxygen atoms in total. The molecule has 0 atom stereocenters. The van der Waals surface area contributed by atoms with E-state index in [0.717, 1.165) is 30.7 Å². The van der Waals surface area contributed by atoms with Crippen molar-refractivity contribution in [3.05, 3.63) is 35.4 Å². The number of thiocarbonyl (C=S) groups is 1. The zero-order valence-corrected chi connectivity index (χ0v) is 12.1. The summed E-state index contributed by atoms with van der Waals surface area (Å²) in [6.45, 7) is 7.45. The number of hydrogen-bond donors (Lipinski definition) is 1. The van der Waals surface area contributed by atoms with Crippen molar-refractivity contribution in [1.82, 2.24) is 10.2 Å². The van der Waals surface area contributed by atoms with E-state index in [2.05, 4.69) is 48.3 Å². The third kappa shape index (κ3) is 3.70. The first-order valence-corrected chi connectivity index (χ1v) is 7.14. The van der Waals surface area contributed by atoms with Crippen LogP contribution in [0.25, 0.3) is 0 Å². The molecule has 0 bridgehead atoms. The molecule has 0 unspecified atom stereocenters. The fourth-order valence-electron chi connectivity index (χ4n) is 2.21. The largest absolute Gasteiger partial charge is 0.358 e. The van der Waals surface area contributed by atoms with Crippen LogP contribution in [0.5, 0.6) is 0 Å². The molecule has 1 aromatic carbocycles. The Morgan fingerprint density at radius 2 is 1.89 bits per heavy atom. The minimum atomic E-state index is 0.825. The number of benzene rings is 1. The number of rotatable bonds is 2. The van der Waals surface area contributed by atoms with Gasteiger partial charge in [0.25, 0.3) is 0 Å². The summed E-state index contributed by atoms with van der Waals surface area (Å²) in [5, 5.41) is 4.27. The van der Waals surface area contributed by atoms with E-state index in [1.54, 1.807) is 0 Å². The maximum Gasteiger partial charge on any atom is 0.169 e. The fraction of sp³-hybridized carbons (Fsp3) is 0.533. The Kier molecular flexibility index (Phi) is 4.59. The first kappa shape index (κ1) is 13.3. The molecule has 0 radical (unpaired) electrons. The monoisotopic (exact) mass is 262 g/mol. The first-order chi connectivity index (χ1) is 8.65. The molecule has 0 aromatic heterocycles. The molecule has 1 aromatic rings. The molecular weight excluding hydrogens is 240 g/mol. The number of hydrogen-bond acceptors (Lipinski definition) is 1. The predicted molar refractivity (Wildman–Crippen MR) is 80.6 cm³/mol. The fourth-order valence-corrected chi connectivity index (χ4v) is 2.46. The van der Waals surface area contributed by atoms with E-state index in [9.17, 15) is 0 Å². The Balaban J connectivity index is 1.79. The highest BCUT2D eigenvalue weighted by atomic mass is 32.1. The normalized spacial score (nSPS) is 16.7. The molecule has 98 valence electrons. The smallest absolute Gasteiger partial charge is 0.169 e. The van der Waals surface area contributed by atoms with Gasteiger partial charge >= 0.3 is 0 Å². The van der Waals surface area contributed by atoms with Crippen molar-refractivity contribution in [2.24, 2.45) is 5.92 Å². The van der Waals surface area contributed by atoms with Crippen molar-refractivity contribution < 1.29 is 0 Å². The predicted octanol–water partition coefficient (Wildman–Crippen LogP) is 3.10. The van der Waals surface area contributed by atoms with Crippen LogP contribution in [0.15, 0.2) is 24.3 Å². The average Bonchev–Trinajstić information content (AvgIpc) is 2.38. The maximum absolute atomic E-state index is 5.45. The van der Waals surface area contributed by atoms with Gasteiger partial charge in [0.15, 0.2) is 5.11 Å². The van der Waals surface area contributed by atoms with E-state index in [0.29, 0.717) is 0 Å². The molecule has 1 heterocycles. The number of aryl methyl sites for hydroxylation is 1. The van der Waals surface area contributed by atoms with Crippen LogP contribution in [0.2, 0.25) is 0 Å². The Morgan fingerprint density at radius 3 is 2.50 bits per heavy atom. The van der Waals surface area contributed by atoms with Crippen LogP contribution in [0.3, 0.4) is 0 Å². The van der Waals surface area contributed by atoms with Crippen LogP contribution in [-0.2, 0) is 6.54 Å². The highest BCUT2D eigenvalue weighted by Gasteiger charge is 2.17. The third-order valence-corrected chi connectivity index (χ3v) is 4.04. The third-order valence-electron chi connectivity index (χ3n) is 3.64. The Bertz CT molecular complexity index is 391. The highest BCUT2D eigenvalue weighted by molar-refractivity contribution is 7.80. The quantitative estimate of drug-likeness (QED) is 0.825. The molecule has 0 aliphatic carbocycles. The molecule has 2 rings (SSSR count). The summed E-state index contributed by atoms with van der Waals surface area (Å²) in [6.07, 6.45) is 2.51. The van der Waals surface area contributed by atoms with Crippen molar-refractivity contribution in [3.8, 4) is 0 Å². The zero-order chi connectivity index (χ0) is 13.0. The molecule has 1 fully saturated rings. The van der Waals surface area contributed by atoms with Gasteiger partial charge in [-0.25, -0.2) is 0 Å². The van der Waals surface area contributed by atoms with Gasteiger partial charge in [-0.3, -0.25) is 0 Å². The lowest BCUT2D eigenvalue weighted by Gasteiger charge is -2.32. The van der Waals surface area contributed by atoms with E-state index in [4.69, 9.17) is 12.2 Å². The second-order valence-electron chi connectivity index (χ2n) is 5.31. The van der Waals surface area contributed by atoms with Crippen molar-refractivity contribution in [1.29, 1.82) is 0 Å². The maximum atomic E-state index is 5.45. The second-order valence-corrected chi connectivity index (χ2v) is 5.70. The van der Waals surface area contributed by atoms with Gasteiger partial charge < -0.3 is 10.2 Å².